The van der Waals surface area contributed by atoms with E-state index in [1.54, 1.807) is 13.8 Å². The van der Waals surface area contributed by atoms with E-state index >= 15 is 0 Å². The molecule has 0 heterocycles. The molecule has 0 fully saturated rings. The van der Waals surface area contributed by atoms with Crippen LogP contribution in [0.25, 0.3) is 0 Å². The van der Waals surface area contributed by atoms with Gasteiger partial charge in [0.25, 0.3) is 0 Å². The number of anilines is 2. The number of aryl methyl sites for hydroxylation is 1. The lowest BCUT2D eigenvalue weighted by Gasteiger charge is -2.14. The molecule has 0 spiro atoms. The predicted molar refractivity (Wildman–Crippen MR) is 65.3 cm³/mol. The standard InChI is InChI=1S/C12H18N2O2/c1-4-16-12(15)9(3)14-10-5-6-11(13)8(2)7-10/h5-7,9,14H,4,13H2,1-3H3. The van der Waals surface area contributed by atoms with E-state index in [4.69, 9.17) is 10.5 Å². The molecule has 3 N–H and O–H groups in total. The summed E-state index contributed by atoms with van der Waals surface area (Å²) in [5.41, 5.74) is 8.31. The van der Waals surface area contributed by atoms with Gasteiger partial charge in [0.2, 0.25) is 0 Å². The average Bonchev–Trinajstić information content (AvgIpc) is 2.24. The van der Waals surface area contributed by atoms with Crippen LogP contribution in [-0.2, 0) is 9.53 Å². The molecule has 16 heavy (non-hydrogen) atoms. The molecule has 0 bridgehead atoms. The van der Waals surface area contributed by atoms with Crippen molar-refractivity contribution in [1.29, 1.82) is 0 Å². The predicted octanol–water partition coefficient (Wildman–Crippen LogP) is 1.94. The Morgan fingerprint density at radius 2 is 2.25 bits per heavy atom. The first-order valence-corrected chi connectivity index (χ1v) is 5.34. The fraction of sp³-hybridized carbons (Fsp3) is 0.417. The summed E-state index contributed by atoms with van der Waals surface area (Å²) < 4.78 is 4.90. The van der Waals surface area contributed by atoms with E-state index < -0.39 is 0 Å². The van der Waals surface area contributed by atoms with E-state index in [0.29, 0.717) is 6.61 Å². The fourth-order valence-corrected chi connectivity index (χ4v) is 1.34. The molecule has 0 aliphatic carbocycles. The highest BCUT2D eigenvalue weighted by Gasteiger charge is 2.13. The third-order valence-corrected chi connectivity index (χ3v) is 2.29. The number of hydrogen-bond donors (Lipinski definition) is 2. The quantitative estimate of drug-likeness (QED) is 0.603. The molecular weight excluding hydrogens is 204 g/mol. The van der Waals surface area contributed by atoms with Crippen LogP contribution >= 0.6 is 0 Å². The zero-order valence-electron chi connectivity index (χ0n) is 9.91. The van der Waals surface area contributed by atoms with Crippen molar-refractivity contribution >= 4 is 17.3 Å². The van der Waals surface area contributed by atoms with Gasteiger partial charge < -0.3 is 15.8 Å². The molecule has 0 saturated heterocycles. The molecule has 0 saturated carbocycles. The summed E-state index contributed by atoms with van der Waals surface area (Å²) in [6, 6.07) is 5.21. The van der Waals surface area contributed by atoms with Crippen molar-refractivity contribution in [2.24, 2.45) is 0 Å². The molecule has 0 radical (unpaired) electrons. The van der Waals surface area contributed by atoms with Gasteiger partial charge in [-0.05, 0) is 44.5 Å². The zero-order chi connectivity index (χ0) is 12.1. The summed E-state index contributed by atoms with van der Waals surface area (Å²) in [5.74, 6) is -0.253. The maximum absolute atomic E-state index is 11.4. The van der Waals surface area contributed by atoms with Crippen LogP contribution < -0.4 is 11.1 Å². The van der Waals surface area contributed by atoms with Gasteiger partial charge in [-0.1, -0.05) is 0 Å². The van der Waals surface area contributed by atoms with Crippen molar-refractivity contribution in [3.05, 3.63) is 23.8 Å². The minimum Gasteiger partial charge on any atom is -0.464 e. The van der Waals surface area contributed by atoms with Crippen molar-refractivity contribution in [1.82, 2.24) is 0 Å². The van der Waals surface area contributed by atoms with Crippen molar-refractivity contribution in [3.63, 3.8) is 0 Å². The van der Waals surface area contributed by atoms with E-state index in [1.165, 1.54) is 0 Å². The Bertz CT molecular complexity index is 377. The molecule has 1 rings (SSSR count). The summed E-state index contributed by atoms with van der Waals surface area (Å²) in [6.45, 7) is 5.88. The van der Waals surface area contributed by atoms with Gasteiger partial charge in [0.1, 0.15) is 6.04 Å². The van der Waals surface area contributed by atoms with Crippen LogP contribution in [0.5, 0.6) is 0 Å². The number of carbonyl (C=O) groups is 1. The minimum atomic E-state index is -0.358. The van der Waals surface area contributed by atoms with Crippen LogP contribution in [0.3, 0.4) is 0 Å². The van der Waals surface area contributed by atoms with Crippen LogP contribution in [0.2, 0.25) is 0 Å². The minimum absolute atomic E-state index is 0.253. The van der Waals surface area contributed by atoms with Crippen molar-refractivity contribution < 1.29 is 9.53 Å². The average molecular weight is 222 g/mol. The number of hydrogen-bond acceptors (Lipinski definition) is 4. The molecule has 0 aliphatic rings. The second-order valence-corrected chi connectivity index (χ2v) is 3.69. The summed E-state index contributed by atoms with van der Waals surface area (Å²) in [7, 11) is 0. The van der Waals surface area contributed by atoms with Crippen LogP contribution in [0, 0.1) is 6.92 Å². The first-order valence-electron chi connectivity index (χ1n) is 5.34. The van der Waals surface area contributed by atoms with Crippen LogP contribution in [0.1, 0.15) is 19.4 Å². The normalized spacial score (nSPS) is 11.9. The lowest BCUT2D eigenvalue weighted by molar-refractivity contribution is -0.143. The van der Waals surface area contributed by atoms with E-state index in [9.17, 15) is 4.79 Å². The van der Waals surface area contributed by atoms with E-state index in [0.717, 1.165) is 16.9 Å². The summed E-state index contributed by atoms with van der Waals surface area (Å²) >= 11 is 0. The Balaban J connectivity index is 2.66. The molecule has 0 amide bonds. The van der Waals surface area contributed by atoms with E-state index in [-0.39, 0.29) is 12.0 Å². The van der Waals surface area contributed by atoms with Gasteiger partial charge in [0.15, 0.2) is 0 Å². The molecule has 1 atom stereocenters. The van der Waals surface area contributed by atoms with Crippen molar-refractivity contribution in [2.45, 2.75) is 26.8 Å². The maximum atomic E-state index is 11.4. The highest BCUT2D eigenvalue weighted by atomic mass is 16.5. The molecular formula is C12H18N2O2. The van der Waals surface area contributed by atoms with Gasteiger partial charge in [-0.2, -0.15) is 0 Å². The van der Waals surface area contributed by atoms with Gasteiger partial charge in [0.05, 0.1) is 6.61 Å². The second-order valence-electron chi connectivity index (χ2n) is 3.69. The molecule has 88 valence electrons. The first kappa shape index (κ1) is 12.4. The van der Waals surface area contributed by atoms with Gasteiger partial charge in [0, 0.05) is 11.4 Å². The monoisotopic (exact) mass is 222 g/mol. The Morgan fingerprint density at radius 1 is 1.56 bits per heavy atom. The number of benzene rings is 1. The molecule has 4 heteroatoms. The number of nitrogens with one attached hydrogen (secondary N) is 1. The Hall–Kier alpha value is -1.71. The molecule has 4 nitrogen and oxygen atoms in total. The number of esters is 1. The SMILES string of the molecule is CCOC(=O)C(C)Nc1ccc(N)c(C)c1. The third kappa shape index (κ3) is 3.15. The summed E-state index contributed by atoms with van der Waals surface area (Å²) in [4.78, 5) is 11.4. The van der Waals surface area contributed by atoms with Gasteiger partial charge >= 0.3 is 5.97 Å². The third-order valence-electron chi connectivity index (χ3n) is 2.29. The smallest absolute Gasteiger partial charge is 0.328 e. The van der Waals surface area contributed by atoms with Gasteiger partial charge in [-0.25, -0.2) is 4.79 Å². The summed E-state index contributed by atoms with van der Waals surface area (Å²) in [5, 5.41) is 3.06. The molecule has 0 aliphatic heterocycles. The van der Waals surface area contributed by atoms with E-state index in [1.807, 2.05) is 25.1 Å². The van der Waals surface area contributed by atoms with Gasteiger partial charge in [-0.15, -0.1) is 0 Å². The lowest BCUT2D eigenvalue weighted by Crippen LogP contribution is -2.28. The Kier molecular flexibility index (Phi) is 4.17. The molecule has 1 aromatic rings. The second kappa shape index (κ2) is 5.39. The largest absolute Gasteiger partial charge is 0.464 e. The van der Waals surface area contributed by atoms with Crippen LogP contribution in [0.4, 0.5) is 11.4 Å². The molecule has 1 unspecified atom stereocenters. The number of nitrogens with two attached hydrogens (primary N) is 1. The topological polar surface area (TPSA) is 64.3 Å². The number of ether oxygens (including phenoxy) is 1. The van der Waals surface area contributed by atoms with Crippen molar-refractivity contribution in [3.8, 4) is 0 Å². The zero-order valence-corrected chi connectivity index (χ0v) is 9.91. The fourth-order valence-electron chi connectivity index (χ4n) is 1.34. The number of rotatable bonds is 4. The highest BCUT2D eigenvalue weighted by Crippen LogP contribution is 2.17. The first-order chi connectivity index (χ1) is 7.54. The molecule has 1 aromatic carbocycles. The Morgan fingerprint density at radius 3 is 2.81 bits per heavy atom. The Labute approximate surface area is 95.8 Å². The highest BCUT2D eigenvalue weighted by molar-refractivity contribution is 5.79. The molecule has 0 aromatic heterocycles. The van der Waals surface area contributed by atoms with Gasteiger partial charge in [-0.3, -0.25) is 0 Å². The number of carbonyl (C=O) groups excluding carboxylic acids is 1. The summed E-state index contributed by atoms with van der Waals surface area (Å²) in [6.07, 6.45) is 0. The number of nitrogen functional groups attached to an aromatic ring is 1. The van der Waals surface area contributed by atoms with Crippen LogP contribution in [-0.4, -0.2) is 18.6 Å². The van der Waals surface area contributed by atoms with Crippen LogP contribution in [0.15, 0.2) is 18.2 Å². The maximum Gasteiger partial charge on any atom is 0.328 e. The lowest BCUT2D eigenvalue weighted by atomic mass is 10.1. The van der Waals surface area contributed by atoms with Crippen molar-refractivity contribution in [2.75, 3.05) is 17.7 Å². The van der Waals surface area contributed by atoms with E-state index in [2.05, 4.69) is 5.32 Å².